The van der Waals surface area contributed by atoms with Gasteiger partial charge in [0.2, 0.25) is 0 Å². The summed E-state index contributed by atoms with van der Waals surface area (Å²) in [7, 11) is -9.87. The molecule has 0 aromatic rings. The third-order valence-corrected chi connectivity index (χ3v) is 15.9. The van der Waals surface area contributed by atoms with E-state index in [1.165, 1.54) is 109 Å². The number of carbonyl (C=O) groups is 4. The normalized spacial score (nSPS) is 14.3. The zero-order valence-electron chi connectivity index (χ0n) is 51.2. The second-order valence-electron chi connectivity index (χ2n) is 22.6. The molecule has 0 heterocycles. The van der Waals surface area contributed by atoms with Gasteiger partial charge in [-0.25, -0.2) is 9.13 Å². The molecule has 0 aromatic carbocycles. The third kappa shape index (κ3) is 55.3. The first-order valence-electron chi connectivity index (χ1n) is 32.1. The molecule has 80 heavy (non-hydrogen) atoms. The molecule has 5 atom stereocenters. The molecule has 3 N–H and O–H groups in total. The molecule has 0 radical (unpaired) electrons. The monoisotopic (exact) mass is 1180 g/mol. The molecule has 0 aliphatic rings. The maximum Gasteiger partial charge on any atom is 0.472 e. The number of aliphatic hydroxyl groups excluding tert-OH is 1. The van der Waals surface area contributed by atoms with E-state index in [-0.39, 0.29) is 25.7 Å². The van der Waals surface area contributed by atoms with Crippen LogP contribution in [0.5, 0.6) is 0 Å². The van der Waals surface area contributed by atoms with Crippen LogP contribution in [0.2, 0.25) is 0 Å². The predicted molar refractivity (Wildman–Crippen MR) is 317 cm³/mol. The average Bonchev–Trinajstić information content (AvgIpc) is 3.42. The summed E-state index contributed by atoms with van der Waals surface area (Å²) in [6.07, 6.45) is 38.0. The van der Waals surface area contributed by atoms with Crippen molar-refractivity contribution < 1.29 is 80.2 Å². The van der Waals surface area contributed by atoms with Crippen LogP contribution in [0.1, 0.15) is 304 Å². The summed E-state index contributed by atoms with van der Waals surface area (Å²) < 4.78 is 67.6. The zero-order valence-corrected chi connectivity index (χ0v) is 53.0. The minimum Gasteiger partial charge on any atom is -0.462 e. The molecule has 2 unspecified atom stereocenters. The summed E-state index contributed by atoms with van der Waals surface area (Å²) in [5.41, 5.74) is 0. The van der Waals surface area contributed by atoms with Gasteiger partial charge in [0.1, 0.15) is 19.3 Å². The lowest BCUT2D eigenvalue weighted by Crippen LogP contribution is -2.30. The minimum absolute atomic E-state index is 0.103. The summed E-state index contributed by atoms with van der Waals surface area (Å²) in [6, 6.07) is 0. The standard InChI is InChI=1S/C61H118O17P2/c1-6-9-12-15-17-18-19-20-21-24-27-31-35-40-45-59(64)72-51-57(78-61(66)47-42-37-32-28-25-22-23-26-30-34-38-43-54(4)5)53-76-80(69,70)74-49-55(62)48-73-79(67,68)75-52-56(50-71-58(63)44-39-33-14-11-8-3)77-60(65)46-41-36-29-16-13-10-7-2/h54-57,62H,6-53H2,1-5H3,(H,67,68)(H,69,70)/t55-,56+,57+/m0/s1. The smallest absolute Gasteiger partial charge is 0.462 e. The van der Waals surface area contributed by atoms with Gasteiger partial charge in [0, 0.05) is 25.7 Å². The Morgan fingerprint density at radius 2 is 0.575 bits per heavy atom. The van der Waals surface area contributed by atoms with Crippen LogP contribution in [0.4, 0.5) is 0 Å². The zero-order chi connectivity index (χ0) is 59.2. The van der Waals surface area contributed by atoms with Crippen molar-refractivity contribution in [2.75, 3.05) is 39.6 Å². The number of phosphoric acid groups is 2. The molecule has 0 saturated heterocycles. The number of hydrogen-bond acceptors (Lipinski definition) is 15. The Morgan fingerprint density at radius 1 is 0.338 bits per heavy atom. The number of phosphoric ester groups is 2. The van der Waals surface area contributed by atoms with Gasteiger partial charge in [-0.2, -0.15) is 0 Å². The number of aliphatic hydroxyl groups is 1. The van der Waals surface area contributed by atoms with Crippen LogP contribution >= 0.6 is 15.6 Å². The molecule has 0 rings (SSSR count). The van der Waals surface area contributed by atoms with Gasteiger partial charge in [0.15, 0.2) is 12.2 Å². The summed E-state index contributed by atoms with van der Waals surface area (Å²) in [6.45, 7) is 7.05. The molecule has 0 aliphatic carbocycles. The summed E-state index contributed by atoms with van der Waals surface area (Å²) in [5, 5.41) is 10.5. The highest BCUT2D eigenvalue weighted by Gasteiger charge is 2.30. The Kier molecular flexibility index (Phi) is 53.6. The molecule has 0 fully saturated rings. The van der Waals surface area contributed by atoms with Crippen molar-refractivity contribution in [2.24, 2.45) is 5.92 Å². The second-order valence-corrected chi connectivity index (χ2v) is 25.5. The molecule has 474 valence electrons. The fourth-order valence-corrected chi connectivity index (χ4v) is 10.6. The van der Waals surface area contributed by atoms with Gasteiger partial charge in [-0.1, -0.05) is 253 Å². The van der Waals surface area contributed by atoms with Crippen molar-refractivity contribution in [1.82, 2.24) is 0 Å². The summed E-state index contributed by atoms with van der Waals surface area (Å²) in [5.74, 6) is -1.39. The first-order chi connectivity index (χ1) is 38.5. The van der Waals surface area contributed by atoms with E-state index in [1.54, 1.807) is 0 Å². The van der Waals surface area contributed by atoms with Crippen molar-refractivity contribution in [3.8, 4) is 0 Å². The lowest BCUT2D eigenvalue weighted by molar-refractivity contribution is -0.161. The number of hydrogen-bond donors (Lipinski definition) is 3. The molecule has 0 saturated carbocycles. The van der Waals surface area contributed by atoms with E-state index < -0.39 is 97.5 Å². The van der Waals surface area contributed by atoms with Crippen molar-refractivity contribution in [1.29, 1.82) is 0 Å². The minimum atomic E-state index is -4.94. The number of rotatable bonds is 61. The summed E-state index contributed by atoms with van der Waals surface area (Å²) >= 11 is 0. The average molecular weight is 1190 g/mol. The molecule has 0 spiro atoms. The Labute approximate surface area is 486 Å². The molecule has 19 heteroatoms. The van der Waals surface area contributed by atoms with Gasteiger partial charge >= 0.3 is 39.5 Å². The highest BCUT2D eigenvalue weighted by atomic mass is 31.2. The Balaban J connectivity index is 5.15. The van der Waals surface area contributed by atoms with Crippen LogP contribution in [-0.2, 0) is 65.4 Å². The number of esters is 4. The third-order valence-electron chi connectivity index (χ3n) is 14.0. The van der Waals surface area contributed by atoms with E-state index in [0.717, 1.165) is 115 Å². The SMILES string of the molecule is CCCCCCCCCCCCCCCCC(=O)OC[C@H](COP(=O)(O)OC[C@@H](O)COP(=O)(O)OC[C@@H](COC(=O)CCCCCCC)OC(=O)CCCCCCCCC)OC(=O)CCCCCCCCCCCCCC(C)C. The largest absolute Gasteiger partial charge is 0.472 e. The molecule has 0 bridgehead atoms. The Bertz CT molecular complexity index is 1570. The maximum atomic E-state index is 12.9. The van der Waals surface area contributed by atoms with Crippen LogP contribution < -0.4 is 0 Å². The summed E-state index contributed by atoms with van der Waals surface area (Å²) in [4.78, 5) is 71.7. The Morgan fingerprint density at radius 3 is 0.850 bits per heavy atom. The van der Waals surface area contributed by atoms with E-state index in [4.69, 9.17) is 37.0 Å². The topological polar surface area (TPSA) is 237 Å². The van der Waals surface area contributed by atoms with Gasteiger partial charge < -0.3 is 33.8 Å². The van der Waals surface area contributed by atoms with Gasteiger partial charge in [0.25, 0.3) is 0 Å². The fraction of sp³-hybridized carbons (Fsp3) is 0.934. The highest BCUT2D eigenvalue weighted by molar-refractivity contribution is 7.47. The molecule has 17 nitrogen and oxygen atoms in total. The first-order valence-corrected chi connectivity index (χ1v) is 35.1. The number of unbranched alkanes of at least 4 members (excludes halogenated alkanes) is 33. The van der Waals surface area contributed by atoms with Crippen LogP contribution in [0, 0.1) is 5.92 Å². The molecular weight excluding hydrogens is 1070 g/mol. The van der Waals surface area contributed by atoms with Gasteiger partial charge in [-0.05, 0) is 31.6 Å². The number of ether oxygens (including phenoxy) is 4. The van der Waals surface area contributed by atoms with E-state index in [2.05, 4.69) is 34.6 Å². The van der Waals surface area contributed by atoms with Crippen molar-refractivity contribution in [2.45, 2.75) is 323 Å². The van der Waals surface area contributed by atoms with Crippen molar-refractivity contribution in [3.63, 3.8) is 0 Å². The van der Waals surface area contributed by atoms with Crippen LogP contribution in [-0.4, -0.2) is 96.7 Å². The van der Waals surface area contributed by atoms with Gasteiger partial charge in [0.05, 0.1) is 26.4 Å². The lowest BCUT2D eigenvalue weighted by atomic mass is 10.0. The van der Waals surface area contributed by atoms with Crippen molar-refractivity contribution >= 4 is 39.5 Å². The maximum absolute atomic E-state index is 12.9. The molecule has 0 aromatic heterocycles. The molecular formula is C61H118O17P2. The van der Waals surface area contributed by atoms with E-state index in [9.17, 15) is 43.2 Å². The van der Waals surface area contributed by atoms with Crippen LogP contribution in [0.15, 0.2) is 0 Å². The van der Waals surface area contributed by atoms with Crippen LogP contribution in [0.25, 0.3) is 0 Å². The van der Waals surface area contributed by atoms with Crippen LogP contribution in [0.3, 0.4) is 0 Å². The second kappa shape index (κ2) is 55.0. The predicted octanol–water partition coefficient (Wildman–Crippen LogP) is 16.6. The van der Waals surface area contributed by atoms with Crippen molar-refractivity contribution in [3.05, 3.63) is 0 Å². The first kappa shape index (κ1) is 78.1. The van der Waals surface area contributed by atoms with E-state index >= 15 is 0 Å². The van der Waals surface area contributed by atoms with E-state index in [1.807, 2.05) is 0 Å². The van der Waals surface area contributed by atoms with Gasteiger partial charge in [-0.3, -0.25) is 37.3 Å². The Hall–Kier alpha value is -1.94. The highest BCUT2D eigenvalue weighted by Crippen LogP contribution is 2.45. The van der Waals surface area contributed by atoms with Gasteiger partial charge in [-0.15, -0.1) is 0 Å². The lowest BCUT2D eigenvalue weighted by Gasteiger charge is -2.21. The van der Waals surface area contributed by atoms with E-state index in [0.29, 0.717) is 25.7 Å². The molecule has 0 amide bonds. The fourth-order valence-electron chi connectivity index (χ4n) is 9.05. The quantitative estimate of drug-likeness (QED) is 0.0222. The number of carbonyl (C=O) groups excluding carboxylic acids is 4. The molecule has 0 aliphatic heterocycles.